The molecule has 0 spiro atoms. The van der Waals surface area contributed by atoms with Gasteiger partial charge in [0.25, 0.3) is 0 Å². The van der Waals surface area contributed by atoms with Gasteiger partial charge >= 0.3 is 5.97 Å². The maximum Gasteiger partial charge on any atom is 0.327 e. The normalized spacial score (nSPS) is 18.0. The minimum Gasteiger partial charge on any atom is -0.480 e. The number of amides is 8. The van der Waals surface area contributed by atoms with Gasteiger partial charge in [0.2, 0.25) is 47.3 Å². The number of carbonyl (C=O) groups excluding carboxylic acids is 8. The Kier molecular flexibility index (Phi) is 28.3. The van der Waals surface area contributed by atoms with Crippen molar-refractivity contribution in [1.29, 1.82) is 0 Å². The van der Waals surface area contributed by atoms with Crippen molar-refractivity contribution in [1.82, 2.24) is 41.7 Å². The van der Waals surface area contributed by atoms with Crippen molar-refractivity contribution in [2.75, 3.05) is 50.5 Å². The van der Waals surface area contributed by atoms with Crippen molar-refractivity contribution in [3.63, 3.8) is 0 Å². The van der Waals surface area contributed by atoms with E-state index in [0.717, 1.165) is 0 Å². The lowest BCUT2D eigenvalue weighted by Gasteiger charge is -2.32. The molecule has 0 aromatic rings. The van der Waals surface area contributed by atoms with Gasteiger partial charge in [0, 0.05) is 38.5 Å². The fraction of sp³-hybridized carbons (Fsp3) is 0.727. The van der Waals surface area contributed by atoms with Crippen molar-refractivity contribution in [2.24, 2.45) is 61.0 Å². The minimum atomic E-state index is -1.35. The molecular formula is C44H80N18O10S2. The quantitative estimate of drug-likeness (QED) is 0.0130. The SMILES string of the molecule is CSCC[C@H](N)C(=O)N[C@@H](C)C(=O)N1CCC[C@H]1C(=O)N[C@@H](CCCN=C(N)N)C(=O)N[C@@H](CCCN=C(N)N)C(=O)N1CCC[C@H]1C(=O)N[C@@H](CCCN=C(N)N)C(=O)N[C@H](C(=O)N[C@@H](CS)C(=O)O)C(C)C. The molecule has 2 aliphatic heterocycles. The van der Waals surface area contributed by atoms with Gasteiger partial charge in [-0.05, 0) is 95.5 Å². The van der Waals surface area contributed by atoms with Crippen molar-refractivity contribution < 1.29 is 48.3 Å². The third-order valence-corrected chi connectivity index (χ3v) is 13.1. The molecule has 0 radical (unpaired) electrons. The first-order valence-corrected chi connectivity index (χ1v) is 26.6. The Balaban J connectivity index is 2.43. The van der Waals surface area contributed by atoms with Gasteiger partial charge in [-0.1, -0.05) is 13.8 Å². The summed E-state index contributed by atoms with van der Waals surface area (Å²) in [5.74, 6) is -7.45. The van der Waals surface area contributed by atoms with Gasteiger partial charge < -0.3 is 86.9 Å². The molecule has 418 valence electrons. The third-order valence-electron chi connectivity index (χ3n) is 12.1. The van der Waals surface area contributed by atoms with E-state index in [2.05, 4.69) is 59.5 Å². The van der Waals surface area contributed by atoms with E-state index >= 15 is 0 Å². The lowest BCUT2D eigenvalue weighted by Crippen LogP contribution is -2.60. The van der Waals surface area contributed by atoms with Gasteiger partial charge in [-0.2, -0.15) is 24.4 Å². The second kappa shape index (κ2) is 32.8. The smallest absolute Gasteiger partial charge is 0.327 e. The number of nitrogens with one attached hydrogen (secondary N) is 6. The van der Waals surface area contributed by atoms with Crippen LogP contribution < -0.4 is 72.0 Å². The second-order valence-electron chi connectivity index (χ2n) is 18.3. The van der Waals surface area contributed by atoms with Crippen LogP contribution in [0.3, 0.4) is 0 Å². The van der Waals surface area contributed by atoms with E-state index in [-0.39, 0.29) is 108 Å². The Morgan fingerprint density at radius 1 is 0.595 bits per heavy atom. The third kappa shape index (κ3) is 21.7. The highest BCUT2D eigenvalue weighted by atomic mass is 32.2. The molecule has 9 atom stereocenters. The van der Waals surface area contributed by atoms with Crippen LogP contribution in [0.4, 0.5) is 0 Å². The molecule has 2 saturated heterocycles. The molecule has 0 bridgehead atoms. The summed E-state index contributed by atoms with van der Waals surface area (Å²) in [5.41, 5.74) is 39.1. The molecule has 0 aliphatic carbocycles. The zero-order chi connectivity index (χ0) is 55.7. The van der Waals surface area contributed by atoms with Gasteiger partial charge in [0.05, 0.1) is 6.04 Å². The molecule has 0 unspecified atom stereocenters. The summed E-state index contributed by atoms with van der Waals surface area (Å²) >= 11 is 5.51. The molecule has 2 aliphatic rings. The van der Waals surface area contributed by atoms with Crippen molar-refractivity contribution in [3.05, 3.63) is 0 Å². The Morgan fingerprint density at radius 3 is 1.45 bits per heavy atom. The maximum absolute atomic E-state index is 14.6. The number of thioether (sulfide) groups is 1. The predicted octanol–water partition coefficient (Wildman–Crippen LogP) is -5.19. The summed E-state index contributed by atoms with van der Waals surface area (Å²) in [6, 6.07) is -10.4. The average molecular weight is 1090 g/mol. The lowest BCUT2D eigenvalue weighted by atomic mass is 10.0. The van der Waals surface area contributed by atoms with Crippen molar-refractivity contribution in [2.45, 2.75) is 146 Å². The Labute approximate surface area is 441 Å². The standard InChI is InChI=1S/C44H80N18O10S2/c1-23(2)32(38(68)59-29(22-73)41(71)72)60-35(65)27(11-6-17-53-43(48)49)57-37(67)31-14-9-20-62(31)40(70)28(12-7-18-54-44(50)51)58-34(64)26(10-5-16-52-42(46)47)56-36(66)30-13-8-19-61(30)39(69)24(3)55-33(63)25(45)15-21-74-4/h23-32,73H,5-22,45H2,1-4H3,(H,55,63)(H,56,66)(H,57,67)(H,58,64)(H,59,68)(H,60,65)(H,71,72)(H4,46,47,52)(H4,48,49,53)(H4,50,51,54)/t24-,25-,26-,27-,28-,29-,30-,31-,32-/m0/s1. The van der Waals surface area contributed by atoms with Gasteiger partial charge in [-0.25, -0.2) is 4.79 Å². The summed E-state index contributed by atoms with van der Waals surface area (Å²) in [6.07, 6.45) is 4.03. The number of rotatable bonds is 32. The Morgan fingerprint density at radius 2 is 1.03 bits per heavy atom. The largest absolute Gasteiger partial charge is 0.480 e. The van der Waals surface area contributed by atoms with Crippen molar-refractivity contribution >= 4 is 95.5 Å². The van der Waals surface area contributed by atoms with Gasteiger partial charge in [0.1, 0.15) is 48.3 Å². The molecule has 2 fully saturated rings. The number of thiol groups is 1. The number of carbonyl (C=O) groups is 9. The summed E-state index contributed by atoms with van der Waals surface area (Å²) in [6.45, 7) is 5.28. The number of nitrogens with two attached hydrogens (primary N) is 7. The number of guanidine groups is 3. The van der Waals surface area contributed by atoms with Crippen LogP contribution in [0.2, 0.25) is 0 Å². The summed E-state index contributed by atoms with van der Waals surface area (Å²) in [4.78, 5) is 137. The van der Waals surface area contributed by atoms with Crippen LogP contribution in [0, 0.1) is 5.92 Å². The van der Waals surface area contributed by atoms with Gasteiger partial charge in [-0.15, -0.1) is 0 Å². The van der Waals surface area contributed by atoms with E-state index in [1.807, 2.05) is 6.26 Å². The first-order chi connectivity index (χ1) is 34.9. The first-order valence-electron chi connectivity index (χ1n) is 24.6. The molecule has 28 nitrogen and oxygen atoms in total. The highest BCUT2D eigenvalue weighted by Gasteiger charge is 2.42. The van der Waals surface area contributed by atoms with Crippen LogP contribution in [0.1, 0.15) is 91.4 Å². The molecular weight excluding hydrogens is 1000 g/mol. The van der Waals surface area contributed by atoms with Gasteiger partial charge in [-0.3, -0.25) is 53.3 Å². The van der Waals surface area contributed by atoms with Crippen LogP contribution in [-0.4, -0.2) is 191 Å². The Hall–Kier alpha value is -6.30. The molecule has 21 N–H and O–H groups in total. The highest BCUT2D eigenvalue weighted by molar-refractivity contribution is 7.98. The van der Waals surface area contributed by atoms with Crippen LogP contribution in [0.5, 0.6) is 0 Å². The number of carboxylic acids is 1. The summed E-state index contributed by atoms with van der Waals surface area (Å²) in [7, 11) is 0. The molecule has 0 aromatic carbocycles. The minimum absolute atomic E-state index is 0.0135. The lowest BCUT2D eigenvalue weighted by molar-refractivity contribution is -0.143. The molecule has 2 rings (SSSR count). The summed E-state index contributed by atoms with van der Waals surface area (Å²) < 4.78 is 0. The van der Waals surface area contributed by atoms with Gasteiger partial charge in [0.15, 0.2) is 17.9 Å². The predicted molar refractivity (Wildman–Crippen MR) is 284 cm³/mol. The zero-order valence-electron chi connectivity index (χ0n) is 42.8. The molecule has 0 saturated carbocycles. The Bertz CT molecular complexity index is 2020. The molecule has 0 aromatic heterocycles. The monoisotopic (exact) mass is 1080 g/mol. The highest BCUT2D eigenvalue weighted by Crippen LogP contribution is 2.22. The second-order valence-corrected chi connectivity index (χ2v) is 19.7. The number of aliphatic carboxylic acids is 1. The van der Waals surface area contributed by atoms with Crippen molar-refractivity contribution in [3.8, 4) is 0 Å². The summed E-state index contributed by atoms with van der Waals surface area (Å²) in [5, 5.41) is 25.3. The number of aliphatic imine (C=N–C) groups is 3. The fourth-order valence-corrected chi connectivity index (χ4v) is 8.90. The molecule has 30 heteroatoms. The first kappa shape index (κ1) is 63.8. The molecule has 2 heterocycles. The molecule has 8 amide bonds. The number of hydrogen-bond donors (Lipinski definition) is 15. The van der Waals surface area contributed by atoms with E-state index in [9.17, 15) is 48.3 Å². The van der Waals surface area contributed by atoms with E-state index in [0.29, 0.717) is 25.0 Å². The fourth-order valence-electron chi connectivity index (χ4n) is 8.16. The number of carboxylic acid groups (broad SMARTS) is 1. The van der Waals surface area contributed by atoms with Crippen LogP contribution >= 0.6 is 24.4 Å². The number of nitrogens with zero attached hydrogens (tertiary/aromatic N) is 5. The zero-order valence-corrected chi connectivity index (χ0v) is 44.5. The van der Waals surface area contributed by atoms with Crippen LogP contribution in [0.25, 0.3) is 0 Å². The topological polar surface area (TPSA) is 472 Å². The van der Waals surface area contributed by atoms with E-state index in [4.69, 9.17) is 40.1 Å². The van der Waals surface area contributed by atoms with E-state index in [1.165, 1.54) is 28.5 Å². The maximum atomic E-state index is 14.6. The number of hydrogen-bond acceptors (Lipinski definition) is 15. The van der Waals surface area contributed by atoms with Crippen LogP contribution in [-0.2, 0) is 43.2 Å². The number of likely N-dealkylation sites (tertiary alicyclic amines) is 2. The molecule has 74 heavy (non-hydrogen) atoms. The van der Waals surface area contributed by atoms with E-state index < -0.39 is 114 Å². The van der Waals surface area contributed by atoms with E-state index in [1.54, 1.807) is 13.8 Å². The van der Waals surface area contributed by atoms with Crippen LogP contribution in [0.15, 0.2) is 15.0 Å². The average Bonchev–Trinajstić information content (AvgIpc) is 4.05.